The van der Waals surface area contributed by atoms with E-state index in [9.17, 15) is 9.59 Å². The Morgan fingerprint density at radius 3 is 2.75 bits per heavy atom. The summed E-state index contributed by atoms with van der Waals surface area (Å²) < 4.78 is 5.08. The summed E-state index contributed by atoms with van der Waals surface area (Å²) in [6, 6.07) is 9.24. The van der Waals surface area contributed by atoms with Crippen LogP contribution in [-0.2, 0) is 6.42 Å². The van der Waals surface area contributed by atoms with E-state index in [1.54, 1.807) is 7.11 Å². The summed E-state index contributed by atoms with van der Waals surface area (Å²) >= 11 is 0. The largest absolute Gasteiger partial charge is 0.497 e. The van der Waals surface area contributed by atoms with Gasteiger partial charge in [0.1, 0.15) is 11.6 Å². The minimum absolute atomic E-state index is 0.206. The van der Waals surface area contributed by atoms with E-state index in [1.165, 1.54) is 6.07 Å². The molecule has 0 spiro atoms. The summed E-state index contributed by atoms with van der Waals surface area (Å²) in [6.07, 6.45) is 1.35. The Kier molecular flexibility index (Phi) is 4.49. The van der Waals surface area contributed by atoms with Crippen LogP contribution in [0.25, 0.3) is 0 Å². The molecule has 0 amide bonds. The molecule has 0 radical (unpaired) electrons. The summed E-state index contributed by atoms with van der Waals surface area (Å²) in [5.74, 6) is 1.21. The Morgan fingerprint density at radius 2 is 2.10 bits per heavy atom. The molecular weight excluding hydrogens is 258 g/mol. The van der Waals surface area contributed by atoms with Crippen LogP contribution in [-0.4, -0.2) is 29.9 Å². The highest BCUT2D eigenvalue weighted by molar-refractivity contribution is 5.72. The van der Waals surface area contributed by atoms with Crippen molar-refractivity contribution in [3.05, 3.63) is 52.1 Å². The second kappa shape index (κ2) is 6.51. The third kappa shape index (κ3) is 3.68. The average Bonchev–Trinajstić information content (AvgIpc) is 2.47. The van der Waals surface area contributed by atoms with Gasteiger partial charge < -0.3 is 15.0 Å². The molecular formula is C14H15N3O3. The standard InChI is InChI=1S/C14H15N3O3/c1-20-12-4-2-10(3-5-12)6-7-15-13-8-11(9-18)16-14(19)17-13/h2-5,8-9H,6-7H2,1H3,(H2,15,16,17,19). The molecule has 1 aromatic heterocycles. The fraction of sp³-hybridized carbons (Fsp3) is 0.214. The zero-order chi connectivity index (χ0) is 14.4. The van der Waals surface area contributed by atoms with Crippen LogP contribution in [0, 0.1) is 0 Å². The van der Waals surface area contributed by atoms with Gasteiger partial charge >= 0.3 is 5.69 Å². The minimum atomic E-state index is -0.540. The normalized spacial score (nSPS) is 10.1. The number of benzene rings is 1. The number of rotatable bonds is 6. The highest BCUT2D eigenvalue weighted by atomic mass is 16.5. The molecule has 2 rings (SSSR count). The van der Waals surface area contributed by atoms with Gasteiger partial charge in [-0.15, -0.1) is 0 Å². The summed E-state index contributed by atoms with van der Waals surface area (Å²) in [5.41, 5.74) is 0.803. The van der Waals surface area contributed by atoms with Gasteiger partial charge in [-0.05, 0) is 24.1 Å². The molecule has 1 aromatic carbocycles. The van der Waals surface area contributed by atoms with Crippen LogP contribution in [0.5, 0.6) is 5.75 Å². The third-order valence-electron chi connectivity index (χ3n) is 2.77. The van der Waals surface area contributed by atoms with Gasteiger partial charge in [-0.3, -0.25) is 4.79 Å². The fourth-order valence-electron chi connectivity index (χ4n) is 1.76. The van der Waals surface area contributed by atoms with Crippen LogP contribution >= 0.6 is 0 Å². The first-order valence-corrected chi connectivity index (χ1v) is 6.14. The van der Waals surface area contributed by atoms with Crippen molar-refractivity contribution in [2.24, 2.45) is 0 Å². The van der Waals surface area contributed by atoms with Crippen LogP contribution in [0.3, 0.4) is 0 Å². The number of anilines is 1. The fourth-order valence-corrected chi connectivity index (χ4v) is 1.76. The maximum atomic E-state index is 11.2. The predicted molar refractivity (Wildman–Crippen MR) is 75.4 cm³/mol. The summed E-state index contributed by atoms with van der Waals surface area (Å²) in [5, 5.41) is 3.02. The maximum Gasteiger partial charge on any atom is 0.347 e. The number of nitrogens with zero attached hydrogens (tertiary/aromatic N) is 1. The Labute approximate surface area is 115 Å². The molecule has 0 bridgehead atoms. The molecule has 0 atom stereocenters. The smallest absolute Gasteiger partial charge is 0.347 e. The van der Waals surface area contributed by atoms with E-state index in [0.717, 1.165) is 17.7 Å². The van der Waals surface area contributed by atoms with E-state index in [0.29, 0.717) is 18.6 Å². The van der Waals surface area contributed by atoms with E-state index in [4.69, 9.17) is 4.74 Å². The number of carbonyl (C=O) groups excluding carboxylic acids is 1. The van der Waals surface area contributed by atoms with Gasteiger partial charge in [0.15, 0.2) is 6.29 Å². The number of carbonyl (C=O) groups is 1. The number of nitrogens with one attached hydrogen (secondary N) is 2. The zero-order valence-corrected chi connectivity index (χ0v) is 11.1. The first kappa shape index (κ1) is 13.8. The van der Waals surface area contributed by atoms with Gasteiger partial charge in [-0.25, -0.2) is 4.79 Å². The number of aromatic amines is 1. The first-order chi connectivity index (χ1) is 9.71. The van der Waals surface area contributed by atoms with Crippen LogP contribution in [0.2, 0.25) is 0 Å². The molecule has 20 heavy (non-hydrogen) atoms. The first-order valence-electron chi connectivity index (χ1n) is 6.14. The molecule has 0 aliphatic rings. The molecule has 0 saturated carbocycles. The van der Waals surface area contributed by atoms with E-state index in [2.05, 4.69) is 15.3 Å². The van der Waals surface area contributed by atoms with E-state index < -0.39 is 5.69 Å². The second-order valence-corrected chi connectivity index (χ2v) is 4.17. The van der Waals surface area contributed by atoms with Gasteiger partial charge in [0, 0.05) is 12.6 Å². The van der Waals surface area contributed by atoms with Crippen molar-refractivity contribution < 1.29 is 9.53 Å². The van der Waals surface area contributed by atoms with Crippen molar-refractivity contribution >= 4 is 12.1 Å². The third-order valence-corrected chi connectivity index (χ3v) is 2.77. The van der Waals surface area contributed by atoms with Crippen molar-refractivity contribution in [1.82, 2.24) is 9.97 Å². The number of aromatic nitrogens is 2. The molecule has 0 fully saturated rings. The predicted octanol–water partition coefficient (Wildman–Crippen LogP) is 1.25. The average molecular weight is 273 g/mol. The maximum absolute atomic E-state index is 11.2. The zero-order valence-electron chi connectivity index (χ0n) is 11.1. The Hall–Kier alpha value is -2.63. The van der Waals surface area contributed by atoms with Crippen molar-refractivity contribution in [1.29, 1.82) is 0 Å². The number of hydrogen-bond donors (Lipinski definition) is 2. The summed E-state index contributed by atoms with van der Waals surface area (Å²) in [7, 11) is 1.62. The molecule has 0 aliphatic carbocycles. The lowest BCUT2D eigenvalue weighted by Gasteiger charge is -2.06. The SMILES string of the molecule is COc1ccc(CCNc2cc(C=O)[nH]c(=O)n2)cc1. The molecule has 2 aromatic rings. The lowest BCUT2D eigenvalue weighted by molar-refractivity contribution is 0.111. The quantitative estimate of drug-likeness (QED) is 0.774. The molecule has 0 unspecified atom stereocenters. The lowest BCUT2D eigenvalue weighted by atomic mass is 10.1. The number of H-pyrrole nitrogens is 1. The van der Waals surface area contributed by atoms with Gasteiger partial charge in [0.2, 0.25) is 0 Å². The van der Waals surface area contributed by atoms with Gasteiger partial charge in [0.25, 0.3) is 0 Å². The molecule has 0 saturated heterocycles. The summed E-state index contributed by atoms with van der Waals surface area (Å²) in [4.78, 5) is 27.9. The number of ether oxygens (including phenoxy) is 1. The highest BCUT2D eigenvalue weighted by Gasteiger charge is 2.00. The topological polar surface area (TPSA) is 84.1 Å². The number of methoxy groups -OCH3 is 1. The molecule has 2 N–H and O–H groups in total. The Bertz CT molecular complexity index is 635. The van der Waals surface area contributed by atoms with Crippen molar-refractivity contribution in [3.63, 3.8) is 0 Å². The molecule has 6 nitrogen and oxygen atoms in total. The monoisotopic (exact) mass is 273 g/mol. The van der Waals surface area contributed by atoms with Crippen molar-refractivity contribution in [2.45, 2.75) is 6.42 Å². The molecule has 104 valence electrons. The molecule has 0 aliphatic heterocycles. The Morgan fingerprint density at radius 1 is 1.35 bits per heavy atom. The second-order valence-electron chi connectivity index (χ2n) is 4.17. The van der Waals surface area contributed by atoms with Gasteiger partial charge in [-0.1, -0.05) is 12.1 Å². The van der Waals surface area contributed by atoms with Crippen LogP contribution < -0.4 is 15.7 Å². The van der Waals surface area contributed by atoms with Gasteiger partial charge in [0.05, 0.1) is 12.8 Å². The molecule has 1 heterocycles. The summed E-state index contributed by atoms with van der Waals surface area (Å²) in [6.45, 7) is 0.612. The van der Waals surface area contributed by atoms with Crippen molar-refractivity contribution in [3.8, 4) is 5.75 Å². The number of hydrogen-bond acceptors (Lipinski definition) is 5. The van der Waals surface area contributed by atoms with E-state index >= 15 is 0 Å². The lowest BCUT2D eigenvalue weighted by Crippen LogP contribution is -2.16. The van der Waals surface area contributed by atoms with Crippen LogP contribution in [0.1, 0.15) is 16.1 Å². The van der Waals surface area contributed by atoms with Gasteiger partial charge in [-0.2, -0.15) is 4.98 Å². The van der Waals surface area contributed by atoms with E-state index in [-0.39, 0.29) is 5.69 Å². The highest BCUT2D eigenvalue weighted by Crippen LogP contribution is 2.11. The van der Waals surface area contributed by atoms with Crippen LogP contribution in [0.15, 0.2) is 35.1 Å². The minimum Gasteiger partial charge on any atom is -0.497 e. The van der Waals surface area contributed by atoms with Crippen LogP contribution in [0.4, 0.5) is 5.82 Å². The molecule has 6 heteroatoms. The van der Waals surface area contributed by atoms with E-state index in [1.807, 2.05) is 24.3 Å². The van der Waals surface area contributed by atoms with Crippen molar-refractivity contribution in [2.75, 3.05) is 19.0 Å². The Balaban J connectivity index is 1.93. The number of aldehydes is 1.